The second kappa shape index (κ2) is 5.86. The Labute approximate surface area is 122 Å². The van der Waals surface area contributed by atoms with Crippen LogP contribution in [-0.2, 0) is 16.6 Å². The molecule has 6 nitrogen and oxygen atoms in total. The van der Waals surface area contributed by atoms with Crippen molar-refractivity contribution < 1.29 is 8.42 Å². The van der Waals surface area contributed by atoms with Crippen LogP contribution < -0.4 is 10.5 Å². The Balaban J connectivity index is 2.41. The van der Waals surface area contributed by atoms with Gasteiger partial charge in [0.05, 0.1) is 5.69 Å². The van der Waals surface area contributed by atoms with Gasteiger partial charge in [-0.05, 0) is 25.3 Å². The van der Waals surface area contributed by atoms with Gasteiger partial charge in [-0.1, -0.05) is 12.1 Å². The number of aromatic amines is 1. The lowest BCUT2D eigenvalue weighted by atomic mass is 10.3. The molecule has 0 unspecified atom stereocenters. The van der Waals surface area contributed by atoms with Gasteiger partial charge in [-0.15, -0.1) is 11.8 Å². The van der Waals surface area contributed by atoms with Crippen molar-refractivity contribution in [2.45, 2.75) is 23.4 Å². The summed E-state index contributed by atoms with van der Waals surface area (Å²) < 4.78 is 27.4. The van der Waals surface area contributed by atoms with E-state index in [0.29, 0.717) is 16.9 Å². The van der Waals surface area contributed by atoms with E-state index >= 15 is 0 Å². The SMILES string of the molecule is CSc1ccccc1NS(=O)(=O)c1n[nH]c(C)c1CN. The number of nitrogens with zero attached hydrogens (tertiary/aromatic N) is 1. The largest absolute Gasteiger partial charge is 0.326 e. The lowest BCUT2D eigenvalue weighted by Crippen LogP contribution is -2.16. The Kier molecular flexibility index (Phi) is 4.36. The van der Waals surface area contributed by atoms with Gasteiger partial charge in [-0.25, -0.2) is 0 Å². The van der Waals surface area contributed by atoms with E-state index in [9.17, 15) is 8.42 Å². The summed E-state index contributed by atoms with van der Waals surface area (Å²) in [6.45, 7) is 1.85. The number of sulfonamides is 1. The van der Waals surface area contributed by atoms with Crippen LogP contribution >= 0.6 is 11.8 Å². The lowest BCUT2D eigenvalue weighted by Gasteiger charge is -2.10. The van der Waals surface area contributed by atoms with Crippen molar-refractivity contribution >= 4 is 27.5 Å². The third-order valence-electron chi connectivity index (χ3n) is 2.85. The Morgan fingerprint density at radius 2 is 2.10 bits per heavy atom. The number of nitrogens with two attached hydrogens (primary N) is 1. The highest BCUT2D eigenvalue weighted by Gasteiger charge is 2.23. The van der Waals surface area contributed by atoms with Gasteiger partial charge in [-0.2, -0.15) is 13.5 Å². The lowest BCUT2D eigenvalue weighted by molar-refractivity contribution is 0.595. The molecule has 0 aliphatic heterocycles. The van der Waals surface area contributed by atoms with Crippen LogP contribution in [0.25, 0.3) is 0 Å². The summed E-state index contributed by atoms with van der Waals surface area (Å²) in [4.78, 5) is 0.845. The van der Waals surface area contributed by atoms with Gasteiger partial charge >= 0.3 is 0 Å². The molecule has 8 heteroatoms. The smallest absolute Gasteiger partial charge is 0.281 e. The van der Waals surface area contributed by atoms with Crippen molar-refractivity contribution in [3.8, 4) is 0 Å². The molecule has 0 fully saturated rings. The highest BCUT2D eigenvalue weighted by molar-refractivity contribution is 7.99. The number of para-hydroxylation sites is 1. The molecule has 1 heterocycles. The normalized spacial score (nSPS) is 11.6. The predicted molar refractivity (Wildman–Crippen MR) is 80.2 cm³/mol. The predicted octanol–water partition coefficient (Wildman–Crippen LogP) is 1.70. The Bertz CT molecular complexity index is 710. The molecule has 1 aromatic carbocycles. The quantitative estimate of drug-likeness (QED) is 0.730. The maximum Gasteiger partial charge on any atom is 0.281 e. The van der Waals surface area contributed by atoms with Gasteiger partial charge < -0.3 is 5.73 Å². The van der Waals surface area contributed by atoms with Crippen LogP contribution in [0.1, 0.15) is 11.3 Å². The van der Waals surface area contributed by atoms with Crippen molar-refractivity contribution in [3.63, 3.8) is 0 Å². The first-order valence-corrected chi connectivity index (χ1v) is 8.60. The van der Waals surface area contributed by atoms with Gasteiger partial charge in [0, 0.05) is 22.7 Å². The molecule has 2 rings (SSSR count). The van der Waals surface area contributed by atoms with E-state index in [1.165, 1.54) is 11.8 Å². The van der Waals surface area contributed by atoms with Crippen LogP contribution in [0.5, 0.6) is 0 Å². The van der Waals surface area contributed by atoms with Crippen molar-refractivity contribution in [3.05, 3.63) is 35.5 Å². The number of aryl methyl sites for hydroxylation is 1. The standard InChI is InChI=1S/C12H16N4O2S2/c1-8-9(7-13)12(15-14-8)20(17,18)16-10-5-3-4-6-11(10)19-2/h3-6,16H,7,13H2,1-2H3,(H,14,15). The summed E-state index contributed by atoms with van der Waals surface area (Å²) >= 11 is 1.47. The molecule has 2 aromatic rings. The van der Waals surface area contributed by atoms with Crippen LogP contribution in [0.2, 0.25) is 0 Å². The van der Waals surface area contributed by atoms with Crippen LogP contribution in [0.4, 0.5) is 5.69 Å². The molecule has 0 saturated carbocycles. The maximum atomic E-state index is 12.4. The Morgan fingerprint density at radius 1 is 1.40 bits per heavy atom. The zero-order valence-electron chi connectivity index (χ0n) is 11.2. The first kappa shape index (κ1) is 14.9. The zero-order chi connectivity index (χ0) is 14.8. The molecule has 0 atom stereocenters. The average Bonchev–Trinajstić information content (AvgIpc) is 2.81. The monoisotopic (exact) mass is 312 g/mol. The Hall–Kier alpha value is -1.51. The van der Waals surface area contributed by atoms with Crippen molar-refractivity contribution in [2.75, 3.05) is 11.0 Å². The van der Waals surface area contributed by atoms with Gasteiger partial charge in [0.1, 0.15) is 0 Å². The van der Waals surface area contributed by atoms with Gasteiger partial charge in [0.25, 0.3) is 10.0 Å². The number of hydrogen-bond acceptors (Lipinski definition) is 5. The molecule has 0 aliphatic carbocycles. The van der Waals surface area contributed by atoms with E-state index in [2.05, 4.69) is 14.9 Å². The minimum absolute atomic E-state index is 0.0478. The first-order chi connectivity index (χ1) is 9.49. The van der Waals surface area contributed by atoms with Crippen molar-refractivity contribution in [1.29, 1.82) is 0 Å². The molecule has 0 spiro atoms. The molecule has 0 aliphatic rings. The molecule has 4 N–H and O–H groups in total. The molecule has 0 bridgehead atoms. The molecule has 0 saturated heterocycles. The number of rotatable bonds is 5. The molecule has 108 valence electrons. The van der Waals surface area contributed by atoms with Crippen molar-refractivity contribution in [2.24, 2.45) is 5.73 Å². The second-order valence-electron chi connectivity index (χ2n) is 4.14. The Morgan fingerprint density at radius 3 is 2.75 bits per heavy atom. The number of nitrogens with one attached hydrogen (secondary N) is 2. The number of hydrogen-bond donors (Lipinski definition) is 3. The fourth-order valence-electron chi connectivity index (χ4n) is 1.81. The van der Waals surface area contributed by atoms with E-state index in [4.69, 9.17) is 5.73 Å². The number of thioether (sulfide) groups is 1. The van der Waals surface area contributed by atoms with Crippen molar-refractivity contribution in [1.82, 2.24) is 10.2 Å². The minimum atomic E-state index is -3.75. The molecule has 0 radical (unpaired) electrons. The molecule has 0 amide bonds. The van der Waals surface area contributed by atoms with Crippen LogP contribution in [-0.4, -0.2) is 24.9 Å². The topological polar surface area (TPSA) is 101 Å². The number of anilines is 1. The van der Waals surface area contributed by atoms with Crippen LogP contribution in [0.3, 0.4) is 0 Å². The summed E-state index contributed by atoms with van der Waals surface area (Å²) in [5.41, 5.74) is 7.27. The zero-order valence-corrected chi connectivity index (χ0v) is 12.8. The number of aromatic nitrogens is 2. The van der Waals surface area contributed by atoms with E-state index < -0.39 is 10.0 Å². The van der Waals surface area contributed by atoms with Gasteiger partial charge in [0.15, 0.2) is 0 Å². The molecular weight excluding hydrogens is 296 g/mol. The van der Waals surface area contributed by atoms with E-state index in [1.807, 2.05) is 18.4 Å². The number of H-pyrrole nitrogens is 1. The van der Waals surface area contributed by atoms with Crippen LogP contribution in [0.15, 0.2) is 34.2 Å². The summed E-state index contributed by atoms with van der Waals surface area (Å²) in [7, 11) is -3.75. The molecule has 20 heavy (non-hydrogen) atoms. The minimum Gasteiger partial charge on any atom is -0.326 e. The highest BCUT2D eigenvalue weighted by Crippen LogP contribution is 2.27. The van der Waals surface area contributed by atoms with Gasteiger partial charge in [0.2, 0.25) is 5.03 Å². The van der Waals surface area contributed by atoms with Gasteiger partial charge in [-0.3, -0.25) is 9.82 Å². The van der Waals surface area contributed by atoms with E-state index in [0.717, 1.165) is 4.90 Å². The summed E-state index contributed by atoms with van der Waals surface area (Å²) in [6, 6.07) is 7.19. The third kappa shape index (κ3) is 2.82. The second-order valence-corrected chi connectivity index (χ2v) is 6.59. The fourth-order valence-corrected chi connectivity index (χ4v) is 3.72. The average molecular weight is 312 g/mol. The molecular formula is C12H16N4O2S2. The fraction of sp³-hybridized carbons (Fsp3) is 0.250. The van der Waals surface area contributed by atoms with E-state index in [1.54, 1.807) is 19.1 Å². The molecule has 1 aromatic heterocycles. The van der Waals surface area contributed by atoms with Crippen LogP contribution in [0, 0.1) is 6.92 Å². The third-order valence-corrected chi connectivity index (χ3v) is 4.98. The highest BCUT2D eigenvalue weighted by atomic mass is 32.2. The first-order valence-electron chi connectivity index (χ1n) is 5.89. The van der Waals surface area contributed by atoms with E-state index in [-0.39, 0.29) is 11.6 Å². The summed E-state index contributed by atoms with van der Waals surface area (Å²) in [6.07, 6.45) is 1.89. The summed E-state index contributed by atoms with van der Waals surface area (Å²) in [5.74, 6) is 0. The summed E-state index contributed by atoms with van der Waals surface area (Å²) in [5, 5.41) is 6.45. The number of benzene rings is 1. The maximum absolute atomic E-state index is 12.4.